The van der Waals surface area contributed by atoms with Crippen molar-refractivity contribution < 1.29 is 19.1 Å². The lowest BCUT2D eigenvalue weighted by molar-refractivity contribution is -0.146. The third-order valence-electron chi connectivity index (χ3n) is 3.75. The molecule has 0 bridgehead atoms. The molecule has 0 aromatic heterocycles. The first-order valence-corrected chi connectivity index (χ1v) is 7.42. The summed E-state index contributed by atoms with van der Waals surface area (Å²) in [4.78, 5) is 24.4. The van der Waals surface area contributed by atoms with E-state index >= 15 is 0 Å². The van der Waals surface area contributed by atoms with Crippen LogP contribution in [0.2, 0.25) is 0 Å². The molecule has 0 unspecified atom stereocenters. The number of cyclic esters (lactones) is 1. The Kier molecular flexibility index (Phi) is 3.98. The Labute approximate surface area is 134 Å². The standard InChI is InChI=1S/C19H16O4/c1-2-22-18(21)16-13-17(20)23-19(16,14-9-5-3-6-10-14)15-11-7-4-8-12-15/h3-13H,2H2,1H3. The Morgan fingerprint density at radius 3 is 2.00 bits per heavy atom. The lowest BCUT2D eigenvalue weighted by Gasteiger charge is -2.31. The Balaban J connectivity index is 2.23. The number of esters is 2. The van der Waals surface area contributed by atoms with Crippen LogP contribution in [0.25, 0.3) is 0 Å². The Morgan fingerprint density at radius 1 is 1.00 bits per heavy atom. The summed E-state index contributed by atoms with van der Waals surface area (Å²) < 4.78 is 10.8. The van der Waals surface area contributed by atoms with Gasteiger partial charge in [-0.15, -0.1) is 0 Å². The van der Waals surface area contributed by atoms with Gasteiger partial charge in [-0.05, 0) is 6.92 Å². The fourth-order valence-corrected chi connectivity index (χ4v) is 2.81. The summed E-state index contributed by atoms with van der Waals surface area (Å²) >= 11 is 0. The van der Waals surface area contributed by atoms with Gasteiger partial charge in [0.25, 0.3) is 0 Å². The van der Waals surface area contributed by atoms with Crippen LogP contribution < -0.4 is 0 Å². The minimum Gasteiger partial charge on any atom is -0.462 e. The van der Waals surface area contributed by atoms with Gasteiger partial charge in [0.2, 0.25) is 0 Å². The van der Waals surface area contributed by atoms with E-state index in [9.17, 15) is 9.59 Å². The number of carbonyl (C=O) groups is 2. The monoisotopic (exact) mass is 308 g/mol. The quantitative estimate of drug-likeness (QED) is 0.815. The summed E-state index contributed by atoms with van der Waals surface area (Å²) in [5.74, 6) is -1.10. The molecule has 0 amide bonds. The van der Waals surface area contributed by atoms with Crippen LogP contribution in [-0.4, -0.2) is 18.5 Å². The number of ether oxygens (including phenoxy) is 2. The zero-order valence-electron chi connectivity index (χ0n) is 12.7. The maximum Gasteiger partial charge on any atom is 0.339 e. The average Bonchev–Trinajstić information content (AvgIpc) is 2.95. The summed E-state index contributed by atoms with van der Waals surface area (Å²) in [5.41, 5.74) is 0.334. The van der Waals surface area contributed by atoms with Crippen molar-refractivity contribution in [2.24, 2.45) is 0 Å². The minimum absolute atomic E-state index is 0.196. The number of hydrogen-bond donors (Lipinski definition) is 0. The maximum absolute atomic E-state index is 12.4. The van der Waals surface area contributed by atoms with Crippen molar-refractivity contribution in [3.05, 3.63) is 83.4 Å². The van der Waals surface area contributed by atoms with Crippen molar-refractivity contribution in [3.63, 3.8) is 0 Å². The van der Waals surface area contributed by atoms with Crippen LogP contribution in [-0.2, 0) is 24.7 Å². The molecule has 1 heterocycles. The summed E-state index contributed by atoms with van der Waals surface area (Å²) in [6.07, 6.45) is 1.22. The van der Waals surface area contributed by atoms with E-state index < -0.39 is 17.5 Å². The van der Waals surface area contributed by atoms with Gasteiger partial charge in [-0.1, -0.05) is 60.7 Å². The van der Waals surface area contributed by atoms with Crippen molar-refractivity contribution in [2.45, 2.75) is 12.5 Å². The molecule has 23 heavy (non-hydrogen) atoms. The van der Waals surface area contributed by atoms with Crippen molar-refractivity contribution in [3.8, 4) is 0 Å². The van der Waals surface area contributed by atoms with Crippen molar-refractivity contribution in [1.82, 2.24) is 0 Å². The van der Waals surface area contributed by atoms with Gasteiger partial charge < -0.3 is 9.47 Å². The number of carbonyl (C=O) groups excluding carboxylic acids is 2. The zero-order valence-corrected chi connectivity index (χ0v) is 12.7. The van der Waals surface area contributed by atoms with Gasteiger partial charge in [0.05, 0.1) is 12.2 Å². The first-order chi connectivity index (χ1) is 11.2. The van der Waals surface area contributed by atoms with Gasteiger partial charge in [0, 0.05) is 17.2 Å². The molecule has 0 aliphatic carbocycles. The smallest absolute Gasteiger partial charge is 0.339 e. The number of hydrogen-bond acceptors (Lipinski definition) is 4. The molecule has 2 aromatic rings. The van der Waals surface area contributed by atoms with Crippen LogP contribution >= 0.6 is 0 Å². The maximum atomic E-state index is 12.4. The topological polar surface area (TPSA) is 52.6 Å². The molecular weight excluding hydrogens is 292 g/mol. The van der Waals surface area contributed by atoms with Gasteiger partial charge in [-0.3, -0.25) is 0 Å². The van der Waals surface area contributed by atoms with Crippen molar-refractivity contribution >= 4 is 11.9 Å². The second kappa shape index (κ2) is 6.08. The second-order valence-electron chi connectivity index (χ2n) is 5.11. The Morgan fingerprint density at radius 2 is 1.52 bits per heavy atom. The first-order valence-electron chi connectivity index (χ1n) is 7.42. The third kappa shape index (κ3) is 2.52. The lowest BCUT2D eigenvalue weighted by Crippen LogP contribution is -2.34. The van der Waals surface area contributed by atoms with E-state index in [0.29, 0.717) is 11.1 Å². The van der Waals surface area contributed by atoms with Crippen LogP contribution in [0, 0.1) is 0 Å². The molecule has 116 valence electrons. The van der Waals surface area contributed by atoms with Gasteiger partial charge in [-0.25, -0.2) is 9.59 Å². The molecule has 0 saturated carbocycles. The van der Waals surface area contributed by atoms with E-state index in [1.54, 1.807) is 6.92 Å². The normalized spacial score (nSPS) is 15.7. The molecule has 4 nitrogen and oxygen atoms in total. The summed E-state index contributed by atoms with van der Waals surface area (Å²) in [6, 6.07) is 18.4. The fourth-order valence-electron chi connectivity index (χ4n) is 2.81. The molecule has 0 N–H and O–H groups in total. The highest BCUT2D eigenvalue weighted by Gasteiger charge is 2.50. The Hall–Kier alpha value is -2.88. The van der Waals surface area contributed by atoms with E-state index in [-0.39, 0.29) is 12.2 Å². The van der Waals surface area contributed by atoms with Crippen LogP contribution in [0.3, 0.4) is 0 Å². The SMILES string of the molecule is CCOC(=O)C1=CC(=O)OC1(c1ccccc1)c1ccccc1. The fraction of sp³-hybridized carbons (Fsp3) is 0.158. The summed E-state index contributed by atoms with van der Waals surface area (Å²) in [6.45, 7) is 1.95. The van der Waals surface area contributed by atoms with Gasteiger partial charge in [-0.2, -0.15) is 0 Å². The predicted octanol–water partition coefficient (Wildman–Crippen LogP) is 2.98. The average molecular weight is 308 g/mol. The number of benzene rings is 2. The highest BCUT2D eigenvalue weighted by Crippen LogP contribution is 2.44. The molecule has 1 aliphatic heterocycles. The van der Waals surface area contributed by atoms with Crippen LogP contribution in [0.1, 0.15) is 18.1 Å². The summed E-state index contributed by atoms with van der Waals surface area (Å²) in [5, 5.41) is 0. The zero-order chi connectivity index (χ0) is 16.3. The van der Waals surface area contributed by atoms with Crippen LogP contribution in [0.15, 0.2) is 72.3 Å². The van der Waals surface area contributed by atoms with E-state index in [0.717, 1.165) is 0 Å². The lowest BCUT2D eigenvalue weighted by atomic mass is 9.80. The first kappa shape index (κ1) is 15.0. The minimum atomic E-state index is -1.27. The highest BCUT2D eigenvalue weighted by molar-refractivity contribution is 6.03. The highest BCUT2D eigenvalue weighted by atomic mass is 16.6. The van der Waals surface area contributed by atoms with E-state index in [1.165, 1.54) is 6.08 Å². The van der Waals surface area contributed by atoms with Gasteiger partial charge in [0.15, 0.2) is 5.60 Å². The molecule has 1 aliphatic rings. The molecule has 2 aromatic carbocycles. The molecule has 0 fully saturated rings. The van der Waals surface area contributed by atoms with Crippen LogP contribution in [0.4, 0.5) is 0 Å². The molecular formula is C19H16O4. The predicted molar refractivity (Wildman–Crippen MR) is 84.5 cm³/mol. The second-order valence-corrected chi connectivity index (χ2v) is 5.11. The summed E-state index contributed by atoms with van der Waals surface area (Å²) in [7, 11) is 0. The van der Waals surface area contributed by atoms with Crippen molar-refractivity contribution in [1.29, 1.82) is 0 Å². The van der Waals surface area contributed by atoms with Crippen LogP contribution in [0.5, 0.6) is 0 Å². The Bertz CT molecular complexity index is 708. The van der Waals surface area contributed by atoms with Crippen molar-refractivity contribution in [2.75, 3.05) is 6.61 Å². The molecule has 0 radical (unpaired) electrons. The van der Waals surface area contributed by atoms with E-state index in [2.05, 4.69) is 0 Å². The third-order valence-corrected chi connectivity index (χ3v) is 3.75. The van der Waals surface area contributed by atoms with E-state index in [4.69, 9.17) is 9.47 Å². The largest absolute Gasteiger partial charge is 0.462 e. The molecule has 0 saturated heterocycles. The van der Waals surface area contributed by atoms with Gasteiger partial charge in [0.1, 0.15) is 0 Å². The molecule has 3 rings (SSSR count). The molecule has 0 spiro atoms. The number of rotatable bonds is 4. The molecule has 0 atom stereocenters. The van der Waals surface area contributed by atoms with Gasteiger partial charge >= 0.3 is 11.9 Å². The van der Waals surface area contributed by atoms with E-state index in [1.807, 2.05) is 60.7 Å². The molecule has 4 heteroatoms.